The molecule has 1 aliphatic heterocycles. The Morgan fingerprint density at radius 1 is 1.32 bits per heavy atom. The predicted octanol–water partition coefficient (Wildman–Crippen LogP) is 2.51. The molecular weight excluding hydrogens is 236 g/mol. The predicted molar refractivity (Wildman–Crippen MR) is 80.4 cm³/mol. The van der Waals surface area contributed by atoms with E-state index in [9.17, 15) is 0 Å². The summed E-state index contributed by atoms with van der Waals surface area (Å²) >= 11 is 0. The summed E-state index contributed by atoms with van der Waals surface area (Å²) in [5.74, 6) is 0.772. The molecule has 1 aliphatic carbocycles. The van der Waals surface area contributed by atoms with Gasteiger partial charge in [-0.05, 0) is 53.2 Å². The maximum absolute atomic E-state index is 5.84. The number of rotatable bonds is 7. The second-order valence-electron chi connectivity index (χ2n) is 7.28. The summed E-state index contributed by atoms with van der Waals surface area (Å²) in [6.07, 6.45) is 4.33. The molecule has 1 N–H and O–H groups in total. The molecular formula is C16H32N2O. The highest BCUT2D eigenvalue weighted by atomic mass is 16.5. The van der Waals surface area contributed by atoms with Crippen molar-refractivity contribution in [2.45, 2.75) is 65.1 Å². The lowest BCUT2D eigenvalue weighted by atomic mass is 9.57. The molecule has 0 aromatic carbocycles. The molecule has 0 aromatic rings. The highest BCUT2D eigenvalue weighted by molar-refractivity contribution is 5.11. The summed E-state index contributed by atoms with van der Waals surface area (Å²) < 4.78 is 5.84. The molecule has 3 unspecified atom stereocenters. The highest BCUT2D eigenvalue weighted by Crippen LogP contribution is 2.51. The van der Waals surface area contributed by atoms with E-state index in [0.717, 1.165) is 19.1 Å². The van der Waals surface area contributed by atoms with Crippen LogP contribution in [-0.2, 0) is 4.74 Å². The van der Waals surface area contributed by atoms with Crippen LogP contribution in [0.5, 0.6) is 0 Å². The van der Waals surface area contributed by atoms with E-state index in [-0.39, 0.29) is 0 Å². The van der Waals surface area contributed by atoms with Crippen LogP contribution in [0.3, 0.4) is 0 Å². The van der Waals surface area contributed by atoms with Crippen LogP contribution in [0, 0.1) is 11.3 Å². The van der Waals surface area contributed by atoms with E-state index in [2.05, 4.69) is 45.0 Å². The van der Waals surface area contributed by atoms with Gasteiger partial charge in [0.15, 0.2) is 0 Å². The highest BCUT2D eigenvalue weighted by Gasteiger charge is 2.58. The smallest absolute Gasteiger partial charge is 0.0685 e. The van der Waals surface area contributed by atoms with Crippen molar-refractivity contribution in [1.29, 1.82) is 0 Å². The zero-order valence-corrected chi connectivity index (χ0v) is 13.4. The van der Waals surface area contributed by atoms with E-state index in [4.69, 9.17) is 4.74 Å². The first-order chi connectivity index (χ1) is 8.94. The number of nitrogens with zero attached hydrogens (tertiary/aromatic N) is 1. The largest absolute Gasteiger partial charge is 0.377 e. The summed E-state index contributed by atoms with van der Waals surface area (Å²) in [6, 6.07) is 1.33. The number of ether oxygens (including phenoxy) is 1. The number of fused-ring (bicyclic) bond motifs is 1. The third-order valence-corrected chi connectivity index (χ3v) is 5.28. The van der Waals surface area contributed by atoms with Crippen molar-refractivity contribution in [3.63, 3.8) is 0 Å². The van der Waals surface area contributed by atoms with Crippen molar-refractivity contribution >= 4 is 0 Å². The number of unbranched alkanes of at least 4 members (excludes halogenated alkanes) is 1. The van der Waals surface area contributed by atoms with Crippen molar-refractivity contribution in [2.75, 3.05) is 26.7 Å². The Morgan fingerprint density at radius 3 is 2.74 bits per heavy atom. The molecule has 3 atom stereocenters. The van der Waals surface area contributed by atoms with Crippen LogP contribution in [0.4, 0.5) is 0 Å². The van der Waals surface area contributed by atoms with Crippen LogP contribution < -0.4 is 5.32 Å². The van der Waals surface area contributed by atoms with Crippen molar-refractivity contribution in [1.82, 2.24) is 10.2 Å². The molecule has 3 nitrogen and oxygen atoms in total. The summed E-state index contributed by atoms with van der Waals surface area (Å²) in [4.78, 5) is 2.42. The number of nitrogens with one attached hydrogen (secondary N) is 1. The molecule has 2 aliphatic rings. The third-order valence-electron chi connectivity index (χ3n) is 5.28. The Labute approximate surface area is 119 Å². The van der Waals surface area contributed by atoms with Crippen LogP contribution in [0.1, 0.15) is 47.0 Å². The van der Waals surface area contributed by atoms with E-state index in [1.54, 1.807) is 0 Å². The quantitative estimate of drug-likeness (QED) is 0.718. The van der Waals surface area contributed by atoms with Gasteiger partial charge in [0.2, 0.25) is 0 Å². The van der Waals surface area contributed by atoms with Crippen LogP contribution in [-0.4, -0.2) is 49.8 Å². The minimum absolute atomic E-state index is 0.329. The van der Waals surface area contributed by atoms with Crippen molar-refractivity contribution < 1.29 is 4.74 Å². The van der Waals surface area contributed by atoms with Gasteiger partial charge < -0.3 is 15.0 Å². The fourth-order valence-corrected chi connectivity index (χ4v) is 3.74. The second-order valence-corrected chi connectivity index (χ2v) is 7.28. The molecule has 19 heavy (non-hydrogen) atoms. The molecule has 0 spiro atoms. The first-order valence-corrected chi connectivity index (χ1v) is 8.00. The normalized spacial score (nSPS) is 32.7. The molecule has 0 amide bonds. The third kappa shape index (κ3) is 3.14. The minimum atomic E-state index is 0.329. The minimum Gasteiger partial charge on any atom is -0.377 e. The van der Waals surface area contributed by atoms with Crippen LogP contribution in [0.15, 0.2) is 0 Å². The molecule has 1 saturated carbocycles. The van der Waals surface area contributed by atoms with Gasteiger partial charge in [-0.15, -0.1) is 0 Å². The first-order valence-electron chi connectivity index (χ1n) is 8.00. The van der Waals surface area contributed by atoms with Crippen LogP contribution >= 0.6 is 0 Å². The maximum Gasteiger partial charge on any atom is 0.0685 e. The molecule has 0 radical (unpaired) electrons. The zero-order chi connectivity index (χ0) is 14.0. The number of hydrogen-bond acceptors (Lipinski definition) is 3. The Hall–Kier alpha value is -0.120. The van der Waals surface area contributed by atoms with E-state index in [0.29, 0.717) is 23.6 Å². The van der Waals surface area contributed by atoms with E-state index >= 15 is 0 Å². The zero-order valence-electron chi connectivity index (χ0n) is 13.4. The fourth-order valence-electron chi connectivity index (χ4n) is 3.74. The van der Waals surface area contributed by atoms with Crippen LogP contribution in [0.2, 0.25) is 0 Å². The van der Waals surface area contributed by atoms with E-state index in [1.165, 1.54) is 25.8 Å². The monoisotopic (exact) mass is 268 g/mol. The van der Waals surface area contributed by atoms with Crippen molar-refractivity contribution in [3.05, 3.63) is 0 Å². The van der Waals surface area contributed by atoms with Gasteiger partial charge >= 0.3 is 0 Å². The SMILES string of the molecule is CC(C)N(C)CCCCNC1C2CCOC2C1(C)C. The average molecular weight is 268 g/mol. The molecule has 0 aromatic heterocycles. The number of hydrogen-bond donors (Lipinski definition) is 1. The Kier molecular flexibility index (Phi) is 4.91. The summed E-state index contributed by atoms with van der Waals surface area (Å²) in [6.45, 7) is 12.6. The van der Waals surface area contributed by atoms with Gasteiger partial charge in [0.25, 0.3) is 0 Å². The topological polar surface area (TPSA) is 24.5 Å². The second kappa shape index (κ2) is 6.11. The van der Waals surface area contributed by atoms with Gasteiger partial charge in [0.05, 0.1) is 6.10 Å². The summed E-state index contributed by atoms with van der Waals surface area (Å²) in [7, 11) is 2.22. The molecule has 1 heterocycles. The lowest BCUT2D eigenvalue weighted by Gasteiger charge is -2.55. The van der Waals surface area contributed by atoms with Crippen LogP contribution in [0.25, 0.3) is 0 Å². The van der Waals surface area contributed by atoms with Gasteiger partial charge in [0, 0.05) is 30.0 Å². The first kappa shape index (κ1) is 15.3. The molecule has 112 valence electrons. The van der Waals surface area contributed by atoms with Gasteiger partial charge in [-0.3, -0.25) is 0 Å². The van der Waals surface area contributed by atoms with Crippen molar-refractivity contribution in [2.24, 2.45) is 11.3 Å². The van der Waals surface area contributed by atoms with Crippen molar-refractivity contribution in [3.8, 4) is 0 Å². The molecule has 2 rings (SSSR count). The van der Waals surface area contributed by atoms with Gasteiger partial charge in [0.1, 0.15) is 0 Å². The standard InChI is InChI=1S/C16H32N2O/c1-12(2)18(5)10-7-6-9-17-14-13-8-11-19-15(13)16(14,3)4/h12-15,17H,6-11H2,1-5H3. The summed E-state index contributed by atoms with van der Waals surface area (Å²) in [5.41, 5.74) is 0.329. The average Bonchev–Trinajstić information content (AvgIpc) is 2.79. The fraction of sp³-hybridized carbons (Fsp3) is 1.00. The Balaban J connectivity index is 1.61. The maximum atomic E-state index is 5.84. The van der Waals surface area contributed by atoms with Gasteiger partial charge in [-0.1, -0.05) is 13.8 Å². The molecule has 0 bridgehead atoms. The van der Waals surface area contributed by atoms with E-state index < -0.39 is 0 Å². The molecule has 3 heteroatoms. The summed E-state index contributed by atoms with van der Waals surface area (Å²) in [5, 5.41) is 3.79. The molecule has 1 saturated heterocycles. The van der Waals surface area contributed by atoms with Gasteiger partial charge in [-0.2, -0.15) is 0 Å². The lowest BCUT2D eigenvalue weighted by Crippen LogP contribution is -2.65. The molecule has 2 fully saturated rings. The Bertz CT molecular complexity index is 290. The Morgan fingerprint density at radius 2 is 2.05 bits per heavy atom. The van der Waals surface area contributed by atoms with Gasteiger partial charge in [-0.25, -0.2) is 0 Å². The lowest BCUT2D eigenvalue weighted by molar-refractivity contribution is -0.112. The van der Waals surface area contributed by atoms with E-state index in [1.807, 2.05) is 0 Å².